The fourth-order valence-corrected chi connectivity index (χ4v) is 3.47. The summed E-state index contributed by atoms with van der Waals surface area (Å²) in [5, 5.41) is 0. The maximum absolute atomic E-state index is 3.98. The molecule has 0 aliphatic carbocycles. The fraction of sp³-hybridized carbons (Fsp3) is 0.920. The SMILES string of the molecule is [CH2]CC(C)CCCCCCC[CH]CCCCCCCCCC(C)CC. The molecule has 2 atom stereocenters. The van der Waals surface area contributed by atoms with Gasteiger partial charge in [-0.15, -0.1) is 0 Å². The Hall–Kier alpha value is 0. The van der Waals surface area contributed by atoms with Gasteiger partial charge in [-0.2, -0.15) is 0 Å². The van der Waals surface area contributed by atoms with Gasteiger partial charge < -0.3 is 0 Å². The molecule has 0 heteroatoms. The van der Waals surface area contributed by atoms with Gasteiger partial charge in [0.05, 0.1) is 0 Å². The van der Waals surface area contributed by atoms with Crippen LogP contribution in [-0.4, -0.2) is 0 Å². The number of hydrogen-bond acceptors (Lipinski definition) is 0. The van der Waals surface area contributed by atoms with E-state index in [1.165, 1.54) is 109 Å². The first-order chi connectivity index (χ1) is 12.2. The van der Waals surface area contributed by atoms with E-state index in [1.54, 1.807) is 0 Å². The zero-order valence-corrected chi connectivity index (χ0v) is 18.2. The van der Waals surface area contributed by atoms with Crippen LogP contribution in [0, 0.1) is 25.2 Å². The van der Waals surface area contributed by atoms with Gasteiger partial charge in [-0.3, -0.25) is 0 Å². The quantitative estimate of drug-likeness (QED) is 0.192. The molecule has 0 spiro atoms. The molecule has 0 aromatic rings. The zero-order valence-electron chi connectivity index (χ0n) is 18.2. The predicted octanol–water partition coefficient (Wildman–Crippen LogP) is 9.34. The third-order valence-corrected chi connectivity index (χ3v) is 5.90. The molecule has 2 radical (unpaired) electrons. The van der Waals surface area contributed by atoms with Crippen molar-refractivity contribution in [3.05, 3.63) is 13.3 Å². The molecule has 25 heavy (non-hydrogen) atoms. The van der Waals surface area contributed by atoms with Crippen LogP contribution in [0.15, 0.2) is 0 Å². The summed E-state index contributed by atoms with van der Waals surface area (Å²) < 4.78 is 0. The van der Waals surface area contributed by atoms with Crippen molar-refractivity contribution in [1.82, 2.24) is 0 Å². The summed E-state index contributed by atoms with van der Waals surface area (Å²) in [5.74, 6) is 1.77. The molecule has 0 rings (SSSR count). The maximum Gasteiger partial charge on any atom is -0.0386 e. The molecule has 2 unspecified atom stereocenters. The minimum atomic E-state index is 0.832. The molecule has 0 heterocycles. The molecule has 0 aliphatic rings. The average Bonchev–Trinajstić information content (AvgIpc) is 2.63. The van der Waals surface area contributed by atoms with Gasteiger partial charge in [-0.1, -0.05) is 143 Å². The van der Waals surface area contributed by atoms with Crippen molar-refractivity contribution >= 4 is 0 Å². The Bertz CT molecular complexity index is 208. The molecular formula is C25H50. The van der Waals surface area contributed by atoms with E-state index in [-0.39, 0.29) is 0 Å². The molecule has 0 fully saturated rings. The highest BCUT2D eigenvalue weighted by Crippen LogP contribution is 2.16. The van der Waals surface area contributed by atoms with E-state index in [4.69, 9.17) is 0 Å². The second kappa shape index (κ2) is 20.3. The van der Waals surface area contributed by atoms with Crippen LogP contribution in [-0.2, 0) is 0 Å². The summed E-state index contributed by atoms with van der Waals surface area (Å²) in [6.45, 7) is 11.0. The van der Waals surface area contributed by atoms with E-state index in [0.717, 1.165) is 18.3 Å². The highest BCUT2D eigenvalue weighted by atomic mass is 14.1. The van der Waals surface area contributed by atoms with Gasteiger partial charge in [0.1, 0.15) is 0 Å². The molecule has 0 saturated heterocycles. The van der Waals surface area contributed by atoms with E-state index in [9.17, 15) is 0 Å². The lowest BCUT2D eigenvalue weighted by molar-refractivity contribution is 0.470. The van der Waals surface area contributed by atoms with E-state index in [1.807, 2.05) is 0 Å². The van der Waals surface area contributed by atoms with Crippen LogP contribution >= 0.6 is 0 Å². The molecule has 0 nitrogen and oxygen atoms in total. The monoisotopic (exact) mass is 350 g/mol. The van der Waals surface area contributed by atoms with Crippen molar-refractivity contribution in [2.45, 2.75) is 136 Å². The Kier molecular flexibility index (Phi) is 20.3. The van der Waals surface area contributed by atoms with Crippen LogP contribution in [0.5, 0.6) is 0 Å². The Balaban J connectivity index is 3.03. The third-order valence-electron chi connectivity index (χ3n) is 5.90. The first-order valence-corrected chi connectivity index (χ1v) is 11.8. The third kappa shape index (κ3) is 20.2. The highest BCUT2D eigenvalue weighted by Gasteiger charge is 1.99. The van der Waals surface area contributed by atoms with E-state index < -0.39 is 0 Å². The summed E-state index contributed by atoms with van der Waals surface area (Å²) in [5.41, 5.74) is 0. The van der Waals surface area contributed by atoms with Crippen LogP contribution in [0.25, 0.3) is 0 Å². The standard InChI is InChI=1S/C25H50/c1-5-24(3)22-20-18-16-14-12-10-8-7-9-11-13-15-17-19-21-23-25(4)6-2/h8,24-25H,1,5-7,9-23H2,2-4H3. The summed E-state index contributed by atoms with van der Waals surface area (Å²) in [4.78, 5) is 0. The summed E-state index contributed by atoms with van der Waals surface area (Å²) in [7, 11) is 0. The number of unbranched alkanes of at least 4 members (excludes halogenated alkanes) is 14. The molecule has 150 valence electrons. The van der Waals surface area contributed by atoms with Crippen molar-refractivity contribution in [3.63, 3.8) is 0 Å². The summed E-state index contributed by atoms with van der Waals surface area (Å²) in [6, 6.07) is 0. The van der Waals surface area contributed by atoms with Gasteiger partial charge in [0.2, 0.25) is 0 Å². The van der Waals surface area contributed by atoms with Gasteiger partial charge in [0.25, 0.3) is 0 Å². The van der Waals surface area contributed by atoms with Gasteiger partial charge in [-0.05, 0) is 18.3 Å². The lowest BCUT2D eigenvalue weighted by Crippen LogP contribution is -1.91. The van der Waals surface area contributed by atoms with Crippen LogP contribution in [0.3, 0.4) is 0 Å². The lowest BCUT2D eigenvalue weighted by Gasteiger charge is -2.07. The molecule has 0 aromatic heterocycles. The molecule has 0 bridgehead atoms. The Labute approximate surface area is 161 Å². The Morgan fingerprint density at radius 2 is 1.00 bits per heavy atom. The second-order valence-electron chi connectivity index (χ2n) is 8.59. The molecule has 0 N–H and O–H groups in total. The van der Waals surface area contributed by atoms with E-state index in [0.29, 0.717) is 0 Å². The zero-order chi connectivity index (χ0) is 18.6. The summed E-state index contributed by atoms with van der Waals surface area (Å²) >= 11 is 0. The van der Waals surface area contributed by atoms with Crippen LogP contribution in [0.4, 0.5) is 0 Å². The van der Waals surface area contributed by atoms with Gasteiger partial charge in [-0.25, -0.2) is 0 Å². The van der Waals surface area contributed by atoms with E-state index in [2.05, 4.69) is 34.1 Å². The van der Waals surface area contributed by atoms with Crippen LogP contribution < -0.4 is 0 Å². The van der Waals surface area contributed by atoms with Crippen LogP contribution in [0.1, 0.15) is 136 Å². The first kappa shape index (κ1) is 25.0. The fourth-order valence-electron chi connectivity index (χ4n) is 3.47. The smallest absolute Gasteiger partial charge is 0.0386 e. The van der Waals surface area contributed by atoms with Crippen LogP contribution in [0.2, 0.25) is 0 Å². The highest BCUT2D eigenvalue weighted by molar-refractivity contribution is 4.65. The van der Waals surface area contributed by atoms with Crippen molar-refractivity contribution in [2.75, 3.05) is 0 Å². The average molecular weight is 351 g/mol. The predicted molar refractivity (Wildman–Crippen MR) is 117 cm³/mol. The minimum Gasteiger partial charge on any atom is -0.0651 e. The molecule has 0 saturated carbocycles. The Morgan fingerprint density at radius 1 is 0.600 bits per heavy atom. The first-order valence-electron chi connectivity index (χ1n) is 11.8. The van der Waals surface area contributed by atoms with Gasteiger partial charge in [0.15, 0.2) is 0 Å². The normalized spacial score (nSPS) is 13.9. The molecular weight excluding hydrogens is 300 g/mol. The lowest BCUT2D eigenvalue weighted by atomic mass is 9.99. The Morgan fingerprint density at radius 3 is 1.44 bits per heavy atom. The number of hydrogen-bond donors (Lipinski definition) is 0. The molecule has 0 aliphatic heterocycles. The topological polar surface area (TPSA) is 0 Å². The maximum atomic E-state index is 3.98. The molecule has 0 amide bonds. The van der Waals surface area contributed by atoms with Crippen molar-refractivity contribution in [3.8, 4) is 0 Å². The van der Waals surface area contributed by atoms with Gasteiger partial charge in [0, 0.05) is 0 Å². The minimum absolute atomic E-state index is 0.832. The van der Waals surface area contributed by atoms with Crippen molar-refractivity contribution in [2.24, 2.45) is 11.8 Å². The summed E-state index contributed by atoms with van der Waals surface area (Å²) in [6.07, 6.45) is 27.9. The molecule has 0 aromatic carbocycles. The largest absolute Gasteiger partial charge is 0.0651 e. The second-order valence-corrected chi connectivity index (χ2v) is 8.59. The van der Waals surface area contributed by atoms with Gasteiger partial charge >= 0.3 is 0 Å². The van der Waals surface area contributed by atoms with Crippen molar-refractivity contribution < 1.29 is 0 Å². The van der Waals surface area contributed by atoms with E-state index >= 15 is 0 Å². The van der Waals surface area contributed by atoms with Crippen molar-refractivity contribution in [1.29, 1.82) is 0 Å². The number of rotatable bonds is 20.